The SMILES string of the molecule is CCCNC(CCOC)c1c(Br)cnn1CCOC. The van der Waals surface area contributed by atoms with Crippen molar-refractivity contribution in [3.63, 3.8) is 0 Å². The molecule has 0 aromatic carbocycles. The van der Waals surface area contributed by atoms with Crippen molar-refractivity contribution in [3.05, 3.63) is 16.4 Å². The minimum Gasteiger partial charge on any atom is -0.385 e. The lowest BCUT2D eigenvalue weighted by molar-refractivity contribution is 0.173. The van der Waals surface area contributed by atoms with E-state index < -0.39 is 0 Å². The van der Waals surface area contributed by atoms with E-state index in [4.69, 9.17) is 9.47 Å². The molecule has 1 aromatic rings. The Hall–Kier alpha value is -0.430. The minimum atomic E-state index is 0.244. The Balaban J connectivity index is 2.82. The van der Waals surface area contributed by atoms with E-state index >= 15 is 0 Å². The summed E-state index contributed by atoms with van der Waals surface area (Å²) in [6, 6.07) is 0.244. The van der Waals surface area contributed by atoms with Gasteiger partial charge in [0.2, 0.25) is 0 Å². The third-order valence-electron chi connectivity index (χ3n) is 2.92. The first kappa shape index (κ1) is 16.6. The molecule has 0 spiro atoms. The standard InChI is InChI=1S/C13H24BrN3O2/c1-4-6-15-12(5-8-18-2)13-11(14)10-16-17(13)7-9-19-3/h10,12,15H,4-9H2,1-3H3. The van der Waals surface area contributed by atoms with Crippen molar-refractivity contribution in [2.45, 2.75) is 32.4 Å². The van der Waals surface area contributed by atoms with E-state index in [1.807, 2.05) is 10.9 Å². The first-order chi connectivity index (χ1) is 9.24. The Bertz CT molecular complexity index is 350. The van der Waals surface area contributed by atoms with Gasteiger partial charge in [-0.05, 0) is 35.3 Å². The summed E-state index contributed by atoms with van der Waals surface area (Å²) in [6.45, 7) is 5.29. The average molecular weight is 334 g/mol. The predicted octanol–water partition coefficient (Wildman–Crippen LogP) is 2.37. The lowest BCUT2D eigenvalue weighted by atomic mass is 10.1. The quantitative estimate of drug-likeness (QED) is 0.714. The summed E-state index contributed by atoms with van der Waals surface area (Å²) in [5, 5.41) is 7.95. The van der Waals surface area contributed by atoms with E-state index in [1.54, 1.807) is 14.2 Å². The summed E-state index contributed by atoms with van der Waals surface area (Å²) >= 11 is 3.59. The molecule has 5 nitrogen and oxygen atoms in total. The number of methoxy groups -OCH3 is 2. The van der Waals surface area contributed by atoms with Crippen molar-refractivity contribution in [3.8, 4) is 0 Å². The molecule has 110 valence electrons. The number of ether oxygens (including phenoxy) is 2. The molecule has 1 atom stereocenters. The molecule has 0 amide bonds. The first-order valence-electron chi connectivity index (χ1n) is 6.67. The number of nitrogens with one attached hydrogen (secondary N) is 1. The normalized spacial score (nSPS) is 12.8. The molecule has 1 N–H and O–H groups in total. The van der Waals surface area contributed by atoms with Gasteiger partial charge in [0.25, 0.3) is 0 Å². The highest BCUT2D eigenvalue weighted by Gasteiger charge is 2.19. The largest absolute Gasteiger partial charge is 0.385 e. The Morgan fingerprint density at radius 3 is 2.74 bits per heavy atom. The Morgan fingerprint density at radius 1 is 1.37 bits per heavy atom. The number of hydrogen-bond acceptors (Lipinski definition) is 4. The minimum absolute atomic E-state index is 0.244. The van der Waals surface area contributed by atoms with Gasteiger partial charge in [0, 0.05) is 20.8 Å². The van der Waals surface area contributed by atoms with Crippen molar-refractivity contribution in [1.29, 1.82) is 0 Å². The summed E-state index contributed by atoms with van der Waals surface area (Å²) in [5.74, 6) is 0. The topological polar surface area (TPSA) is 48.3 Å². The summed E-state index contributed by atoms with van der Waals surface area (Å²) in [4.78, 5) is 0. The summed E-state index contributed by atoms with van der Waals surface area (Å²) in [5.41, 5.74) is 1.17. The van der Waals surface area contributed by atoms with Crippen LogP contribution in [0.15, 0.2) is 10.7 Å². The predicted molar refractivity (Wildman–Crippen MR) is 79.3 cm³/mol. The second-order valence-corrected chi connectivity index (χ2v) is 5.24. The molecule has 0 saturated carbocycles. The molecule has 0 fully saturated rings. The Labute approximate surface area is 123 Å². The van der Waals surface area contributed by atoms with Crippen LogP contribution in [0.2, 0.25) is 0 Å². The van der Waals surface area contributed by atoms with Crippen LogP contribution in [-0.2, 0) is 16.0 Å². The van der Waals surface area contributed by atoms with E-state index in [0.29, 0.717) is 6.61 Å². The zero-order chi connectivity index (χ0) is 14.1. The van der Waals surface area contributed by atoms with Crippen LogP contribution in [0.25, 0.3) is 0 Å². The second-order valence-electron chi connectivity index (χ2n) is 4.38. The highest BCUT2D eigenvalue weighted by molar-refractivity contribution is 9.10. The lowest BCUT2D eigenvalue weighted by Gasteiger charge is -2.20. The van der Waals surface area contributed by atoms with E-state index in [-0.39, 0.29) is 6.04 Å². The van der Waals surface area contributed by atoms with Gasteiger partial charge in [-0.2, -0.15) is 5.10 Å². The van der Waals surface area contributed by atoms with Crippen LogP contribution in [0.4, 0.5) is 0 Å². The van der Waals surface area contributed by atoms with Crippen molar-refractivity contribution >= 4 is 15.9 Å². The number of nitrogens with zero attached hydrogens (tertiary/aromatic N) is 2. The molecule has 0 saturated heterocycles. The van der Waals surface area contributed by atoms with Crippen LogP contribution in [0.5, 0.6) is 0 Å². The van der Waals surface area contributed by atoms with E-state index in [1.165, 1.54) is 5.69 Å². The highest BCUT2D eigenvalue weighted by atomic mass is 79.9. The maximum absolute atomic E-state index is 5.20. The Morgan fingerprint density at radius 2 is 2.11 bits per heavy atom. The van der Waals surface area contributed by atoms with Gasteiger partial charge in [-0.25, -0.2) is 0 Å². The first-order valence-corrected chi connectivity index (χ1v) is 7.46. The van der Waals surface area contributed by atoms with Gasteiger partial charge in [0.1, 0.15) is 0 Å². The molecule has 1 unspecified atom stereocenters. The molecule has 0 aliphatic carbocycles. The fourth-order valence-electron chi connectivity index (χ4n) is 1.96. The van der Waals surface area contributed by atoms with Gasteiger partial charge in [-0.3, -0.25) is 4.68 Å². The lowest BCUT2D eigenvalue weighted by Crippen LogP contribution is -2.27. The average Bonchev–Trinajstić information content (AvgIpc) is 2.78. The highest BCUT2D eigenvalue weighted by Crippen LogP contribution is 2.25. The molecule has 0 aliphatic rings. The van der Waals surface area contributed by atoms with Gasteiger partial charge >= 0.3 is 0 Å². The van der Waals surface area contributed by atoms with Gasteiger partial charge in [-0.1, -0.05) is 6.92 Å². The Kier molecular flexibility index (Phi) is 8.29. The molecule has 1 aromatic heterocycles. The van der Waals surface area contributed by atoms with Crippen LogP contribution in [0.1, 0.15) is 31.5 Å². The third-order valence-corrected chi connectivity index (χ3v) is 3.53. The fourth-order valence-corrected chi connectivity index (χ4v) is 2.54. The molecule has 0 bridgehead atoms. The summed E-state index contributed by atoms with van der Waals surface area (Å²) in [7, 11) is 3.43. The molecule has 6 heteroatoms. The molecule has 19 heavy (non-hydrogen) atoms. The molecule has 0 aliphatic heterocycles. The summed E-state index contributed by atoms with van der Waals surface area (Å²) < 4.78 is 13.4. The zero-order valence-electron chi connectivity index (χ0n) is 12.0. The van der Waals surface area contributed by atoms with E-state index in [2.05, 4.69) is 33.3 Å². The maximum Gasteiger partial charge on any atom is 0.0697 e. The van der Waals surface area contributed by atoms with Crippen LogP contribution in [0.3, 0.4) is 0 Å². The van der Waals surface area contributed by atoms with Gasteiger partial charge in [0.05, 0.1) is 35.6 Å². The van der Waals surface area contributed by atoms with Gasteiger partial charge < -0.3 is 14.8 Å². The third kappa shape index (κ3) is 5.22. The number of rotatable bonds is 10. The van der Waals surface area contributed by atoms with Crippen molar-refractivity contribution in [2.75, 3.05) is 34.0 Å². The second kappa shape index (κ2) is 9.47. The molecular weight excluding hydrogens is 310 g/mol. The zero-order valence-corrected chi connectivity index (χ0v) is 13.6. The molecular formula is C13H24BrN3O2. The fraction of sp³-hybridized carbons (Fsp3) is 0.769. The van der Waals surface area contributed by atoms with E-state index in [9.17, 15) is 0 Å². The molecule has 0 radical (unpaired) electrons. The van der Waals surface area contributed by atoms with Crippen molar-refractivity contribution in [1.82, 2.24) is 15.1 Å². The molecule has 1 rings (SSSR count). The van der Waals surface area contributed by atoms with Crippen LogP contribution < -0.4 is 5.32 Å². The molecule has 1 heterocycles. The van der Waals surface area contributed by atoms with Crippen LogP contribution in [-0.4, -0.2) is 43.8 Å². The van der Waals surface area contributed by atoms with Gasteiger partial charge in [-0.15, -0.1) is 0 Å². The van der Waals surface area contributed by atoms with E-state index in [0.717, 1.165) is 37.0 Å². The maximum atomic E-state index is 5.20. The number of halogens is 1. The van der Waals surface area contributed by atoms with Crippen LogP contribution in [0, 0.1) is 0 Å². The number of aromatic nitrogens is 2. The van der Waals surface area contributed by atoms with Crippen molar-refractivity contribution < 1.29 is 9.47 Å². The van der Waals surface area contributed by atoms with Gasteiger partial charge in [0.15, 0.2) is 0 Å². The smallest absolute Gasteiger partial charge is 0.0697 e. The van der Waals surface area contributed by atoms with Crippen LogP contribution >= 0.6 is 15.9 Å². The summed E-state index contributed by atoms with van der Waals surface area (Å²) in [6.07, 6.45) is 3.87. The number of hydrogen-bond donors (Lipinski definition) is 1. The van der Waals surface area contributed by atoms with Crippen molar-refractivity contribution in [2.24, 2.45) is 0 Å². The monoisotopic (exact) mass is 333 g/mol.